The Morgan fingerprint density at radius 1 is 1.29 bits per heavy atom. The molecule has 0 spiro atoms. The lowest BCUT2D eigenvalue weighted by molar-refractivity contribution is 0.0979. The molecule has 8 nitrogen and oxygen atoms in total. The molecule has 1 aromatic carbocycles. The van der Waals surface area contributed by atoms with E-state index < -0.39 is 16.1 Å². The molecule has 1 fully saturated rings. The molecule has 1 atom stereocenters. The normalized spacial score (nSPS) is 22.9. The Labute approximate surface area is 121 Å². The summed E-state index contributed by atoms with van der Waals surface area (Å²) in [5, 5.41) is 0. The molecule has 21 heavy (non-hydrogen) atoms. The van der Waals surface area contributed by atoms with Crippen molar-refractivity contribution < 1.29 is 27.4 Å². The van der Waals surface area contributed by atoms with Gasteiger partial charge in [0, 0.05) is 12.5 Å². The van der Waals surface area contributed by atoms with Crippen LogP contribution in [0.5, 0.6) is 11.5 Å². The van der Waals surface area contributed by atoms with Crippen molar-refractivity contribution >= 4 is 21.8 Å². The predicted molar refractivity (Wildman–Crippen MR) is 72.9 cm³/mol. The summed E-state index contributed by atoms with van der Waals surface area (Å²) < 4.78 is 43.2. The third kappa shape index (κ3) is 2.74. The van der Waals surface area contributed by atoms with Gasteiger partial charge in [0.1, 0.15) is 6.10 Å². The number of benzene rings is 1. The first kappa shape index (κ1) is 14.0. The smallest absolute Gasteiger partial charge is 0.323 e. The molecule has 2 N–H and O–H groups in total. The molecule has 9 heteroatoms. The Kier molecular flexibility index (Phi) is 3.38. The van der Waals surface area contributed by atoms with E-state index in [-0.39, 0.29) is 17.4 Å². The molecule has 3 rings (SSSR count). The number of carbonyl (C=O) groups is 1. The summed E-state index contributed by atoms with van der Waals surface area (Å²) in [5.74, 6) is 0.0139. The number of carbonyl (C=O) groups excluding carboxylic acids is 1. The minimum Gasteiger partial charge on any atom is -0.493 e. The molecule has 0 unspecified atom stereocenters. The van der Waals surface area contributed by atoms with E-state index in [1.807, 2.05) is 4.72 Å². The second-order valence-electron chi connectivity index (χ2n) is 4.69. The molecule has 114 valence electrons. The highest BCUT2D eigenvalue weighted by Gasteiger charge is 2.29. The number of anilines is 1. The lowest BCUT2D eigenvalue weighted by Crippen LogP contribution is -2.40. The van der Waals surface area contributed by atoms with E-state index in [0.29, 0.717) is 24.7 Å². The first-order valence-electron chi connectivity index (χ1n) is 6.30. The SMILES string of the molecule is COc1cc2c(cc1O[C@H]1CCOC1)C(=O)NS(=O)(=O)N2. The molecule has 0 bridgehead atoms. The Morgan fingerprint density at radius 3 is 2.76 bits per heavy atom. The fourth-order valence-corrected chi connectivity index (χ4v) is 3.08. The van der Waals surface area contributed by atoms with Crippen LogP contribution in [-0.2, 0) is 14.9 Å². The summed E-state index contributed by atoms with van der Waals surface area (Å²) in [4.78, 5) is 11.8. The number of amides is 1. The van der Waals surface area contributed by atoms with Crippen LogP contribution in [0.2, 0.25) is 0 Å². The number of hydrogen-bond acceptors (Lipinski definition) is 6. The van der Waals surface area contributed by atoms with Crippen LogP contribution in [0.4, 0.5) is 5.69 Å². The largest absolute Gasteiger partial charge is 0.493 e. The summed E-state index contributed by atoms with van der Waals surface area (Å²) >= 11 is 0. The molecule has 1 amide bonds. The number of ether oxygens (including phenoxy) is 3. The van der Waals surface area contributed by atoms with Crippen molar-refractivity contribution in [3.63, 3.8) is 0 Å². The topological polar surface area (TPSA) is 103 Å². The van der Waals surface area contributed by atoms with Crippen molar-refractivity contribution in [3.8, 4) is 11.5 Å². The highest BCUT2D eigenvalue weighted by molar-refractivity contribution is 7.91. The van der Waals surface area contributed by atoms with Crippen LogP contribution in [0.3, 0.4) is 0 Å². The first-order valence-corrected chi connectivity index (χ1v) is 7.78. The van der Waals surface area contributed by atoms with Gasteiger partial charge in [0.05, 0.1) is 31.6 Å². The van der Waals surface area contributed by atoms with Gasteiger partial charge in [0.15, 0.2) is 11.5 Å². The van der Waals surface area contributed by atoms with E-state index in [1.54, 1.807) is 0 Å². The lowest BCUT2D eigenvalue weighted by atomic mass is 10.1. The fourth-order valence-electron chi connectivity index (χ4n) is 2.22. The molecule has 1 aromatic rings. The maximum absolute atomic E-state index is 11.8. The number of hydrogen-bond donors (Lipinski definition) is 2. The number of rotatable bonds is 3. The van der Waals surface area contributed by atoms with Gasteiger partial charge in [0.2, 0.25) is 0 Å². The third-order valence-corrected chi connectivity index (χ3v) is 4.14. The third-order valence-electron chi connectivity index (χ3n) is 3.20. The van der Waals surface area contributed by atoms with E-state index in [4.69, 9.17) is 14.2 Å². The fraction of sp³-hybridized carbons (Fsp3) is 0.417. The van der Waals surface area contributed by atoms with Gasteiger partial charge in [-0.2, -0.15) is 8.42 Å². The van der Waals surface area contributed by atoms with E-state index >= 15 is 0 Å². The van der Waals surface area contributed by atoms with Gasteiger partial charge in [-0.3, -0.25) is 9.52 Å². The summed E-state index contributed by atoms with van der Waals surface area (Å²) in [6.07, 6.45) is 0.638. The monoisotopic (exact) mass is 314 g/mol. The quantitative estimate of drug-likeness (QED) is 0.830. The Morgan fingerprint density at radius 2 is 2.10 bits per heavy atom. The summed E-state index contributed by atoms with van der Waals surface area (Å²) in [7, 11) is -2.43. The lowest BCUT2D eigenvalue weighted by Gasteiger charge is -2.22. The van der Waals surface area contributed by atoms with E-state index in [1.165, 1.54) is 19.2 Å². The maximum atomic E-state index is 11.8. The molecule has 0 aliphatic carbocycles. The zero-order chi connectivity index (χ0) is 15.0. The van der Waals surface area contributed by atoms with Gasteiger partial charge < -0.3 is 14.2 Å². The summed E-state index contributed by atoms with van der Waals surface area (Å²) in [6, 6.07) is 2.89. The minimum absolute atomic E-state index is 0.111. The number of methoxy groups -OCH3 is 1. The molecule has 0 saturated carbocycles. The average molecular weight is 314 g/mol. The molecule has 1 saturated heterocycles. The Bertz CT molecular complexity index is 681. The number of fused-ring (bicyclic) bond motifs is 1. The summed E-state index contributed by atoms with van der Waals surface area (Å²) in [6.45, 7) is 1.09. The van der Waals surface area contributed by atoms with Crippen molar-refractivity contribution in [1.29, 1.82) is 0 Å². The van der Waals surface area contributed by atoms with Crippen LogP contribution in [0.25, 0.3) is 0 Å². The van der Waals surface area contributed by atoms with E-state index in [0.717, 1.165) is 6.42 Å². The van der Waals surface area contributed by atoms with Crippen molar-refractivity contribution in [2.45, 2.75) is 12.5 Å². The van der Waals surface area contributed by atoms with Crippen LogP contribution in [0, 0.1) is 0 Å². The molecule has 0 radical (unpaired) electrons. The van der Waals surface area contributed by atoms with Crippen LogP contribution < -0.4 is 18.9 Å². The van der Waals surface area contributed by atoms with Crippen LogP contribution in [-0.4, -0.2) is 40.8 Å². The Hall–Kier alpha value is -2.00. The van der Waals surface area contributed by atoms with Crippen molar-refractivity contribution in [3.05, 3.63) is 17.7 Å². The highest BCUT2D eigenvalue weighted by atomic mass is 32.2. The highest BCUT2D eigenvalue weighted by Crippen LogP contribution is 2.36. The van der Waals surface area contributed by atoms with Crippen LogP contribution in [0.15, 0.2) is 12.1 Å². The van der Waals surface area contributed by atoms with Gasteiger partial charge in [-0.25, -0.2) is 4.72 Å². The molecule has 2 aliphatic rings. The average Bonchev–Trinajstić information content (AvgIpc) is 2.90. The Balaban J connectivity index is 1.98. The van der Waals surface area contributed by atoms with Gasteiger partial charge in [-0.05, 0) is 6.07 Å². The van der Waals surface area contributed by atoms with Gasteiger partial charge in [-0.1, -0.05) is 0 Å². The second-order valence-corrected chi connectivity index (χ2v) is 6.10. The van der Waals surface area contributed by atoms with Crippen LogP contribution >= 0.6 is 0 Å². The van der Waals surface area contributed by atoms with Gasteiger partial charge in [0.25, 0.3) is 5.91 Å². The molecular weight excluding hydrogens is 300 g/mol. The second kappa shape index (κ2) is 5.08. The zero-order valence-corrected chi connectivity index (χ0v) is 12.0. The van der Waals surface area contributed by atoms with Gasteiger partial charge in [-0.15, -0.1) is 0 Å². The number of nitrogens with one attached hydrogen (secondary N) is 2. The molecular formula is C12H14N2O6S. The standard InChI is InChI=1S/C12H14N2O6S/c1-18-10-5-9-8(12(15)14-21(16,17)13-9)4-11(10)20-7-2-3-19-6-7/h4-5,7,13H,2-3,6H2,1H3,(H,14,15)/t7-/m0/s1. The molecule has 2 heterocycles. The zero-order valence-electron chi connectivity index (χ0n) is 11.2. The van der Waals surface area contributed by atoms with E-state index in [9.17, 15) is 13.2 Å². The molecule has 2 aliphatic heterocycles. The van der Waals surface area contributed by atoms with E-state index in [2.05, 4.69) is 4.72 Å². The minimum atomic E-state index is -3.87. The maximum Gasteiger partial charge on any atom is 0.323 e. The van der Waals surface area contributed by atoms with Gasteiger partial charge >= 0.3 is 10.2 Å². The molecule has 0 aromatic heterocycles. The van der Waals surface area contributed by atoms with Crippen molar-refractivity contribution in [2.75, 3.05) is 25.0 Å². The van der Waals surface area contributed by atoms with Crippen LogP contribution in [0.1, 0.15) is 16.8 Å². The summed E-state index contributed by atoms with van der Waals surface area (Å²) in [5.41, 5.74) is 0.338. The van der Waals surface area contributed by atoms with Crippen molar-refractivity contribution in [1.82, 2.24) is 4.72 Å². The first-order chi connectivity index (χ1) is 9.98. The van der Waals surface area contributed by atoms with Crippen molar-refractivity contribution in [2.24, 2.45) is 0 Å². The predicted octanol–water partition coefficient (Wildman–Crippen LogP) is 0.263.